The predicted molar refractivity (Wildman–Crippen MR) is 125 cm³/mol. The molecule has 0 bridgehead atoms. The topological polar surface area (TPSA) is 20.5 Å². The highest BCUT2D eigenvalue weighted by Gasteiger charge is 2.21. The number of benzene rings is 2. The molecule has 0 amide bonds. The van der Waals surface area contributed by atoms with Crippen molar-refractivity contribution in [3.8, 4) is 0 Å². The van der Waals surface area contributed by atoms with Gasteiger partial charge in [0.05, 0.1) is 23.3 Å². The number of nitrogens with zero attached hydrogens (tertiary/aromatic N) is 3. The molecule has 148 valence electrons. The van der Waals surface area contributed by atoms with E-state index in [-0.39, 0.29) is 0 Å². The highest BCUT2D eigenvalue weighted by atomic mass is 15.2. The van der Waals surface area contributed by atoms with Crippen LogP contribution >= 0.6 is 0 Å². The van der Waals surface area contributed by atoms with Crippen LogP contribution in [0.5, 0.6) is 0 Å². The first-order valence-electron chi connectivity index (χ1n) is 11.0. The van der Waals surface area contributed by atoms with E-state index in [1.807, 2.05) is 0 Å². The zero-order valence-corrected chi connectivity index (χ0v) is 17.1. The number of fused-ring (bicyclic) bond motifs is 6. The minimum absolute atomic E-state index is 0.840. The van der Waals surface area contributed by atoms with Crippen molar-refractivity contribution < 1.29 is 0 Å². The van der Waals surface area contributed by atoms with Gasteiger partial charge in [-0.15, -0.1) is 0 Å². The summed E-state index contributed by atoms with van der Waals surface area (Å²) in [5.74, 6) is 1.36. The quantitative estimate of drug-likeness (QED) is 0.348. The molecule has 0 unspecified atom stereocenters. The van der Waals surface area contributed by atoms with Crippen molar-refractivity contribution in [2.24, 2.45) is 0 Å². The molecule has 0 N–H and O–H groups in total. The molecule has 0 spiro atoms. The van der Waals surface area contributed by atoms with E-state index in [9.17, 15) is 0 Å². The Kier molecular flexibility index (Phi) is 4.19. The first kappa shape index (κ1) is 17.5. The standard InChI is InChI=1S/C27H25N3/c1-2-10-22-18-24-16-14-21-9-4-6-12-26(21)30(24)27(22)29(17-7-1)19-23-15-13-20-8-3-5-11-25(20)28-23/h3-6,8-9,11-16,18H,1-2,7,10,17,19H2. The molecule has 0 atom stereocenters. The number of aryl methyl sites for hydroxylation is 1. The van der Waals surface area contributed by atoms with Crippen molar-refractivity contribution >= 4 is 33.1 Å². The van der Waals surface area contributed by atoms with Gasteiger partial charge < -0.3 is 4.90 Å². The molecule has 3 aromatic heterocycles. The van der Waals surface area contributed by atoms with Crippen LogP contribution in [0.3, 0.4) is 0 Å². The summed E-state index contributed by atoms with van der Waals surface area (Å²) in [6.07, 6.45) is 4.93. The lowest BCUT2D eigenvalue weighted by atomic mass is 10.1. The number of aromatic nitrogens is 2. The summed E-state index contributed by atoms with van der Waals surface area (Å²) in [6.45, 7) is 1.91. The van der Waals surface area contributed by atoms with Crippen molar-refractivity contribution in [2.75, 3.05) is 11.4 Å². The van der Waals surface area contributed by atoms with Crippen LogP contribution in [0.1, 0.15) is 30.5 Å². The smallest absolute Gasteiger partial charge is 0.117 e. The summed E-state index contributed by atoms with van der Waals surface area (Å²) in [5, 5.41) is 2.49. The fourth-order valence-electron chi connectivity index (χ4n) is 4.93. The van der Waals surface area contributed by atoms with Gasteiger partial charge in [0.1, 0.15) is 5.82 Å². The van der Waals surface area contributed by atoms with Gasteiger partial charge in [0.15, 0.2) is 0 Å². The Morgan fingerprint density at radius 1 is 0.767 bits per heavy atom. The zero-order chi connectivity index (χ0) is 19.9. The van der Waals surface area contributed by atoms with Gasteiger partial charge in [0.25, 0.3) is 0 Å². The van der Waals surface area contributed by atoms with E-state index in [2.05, 4.69) is 88.2 Å². The van der Waals surface area contributed by atoms with E-state index < -0.39 is 0 Å². The molecule has 5 aromatic rings. The zero-order valence-electron chi connectivity index (χ0n) is 17.1. The largest absolute Gasteiger partial charge is 0.352 e. The van der Waals surface area contributed by atoms with Crippen LogP contribution in [0.4, 0.5) is 5.82 Å². The summed E-state index contributed by atoms with van der Waals surface area (Å²) in [7, 11) is 0. The van der Waals surface area contributed by atoms with Crippen LogP contribution in [0, 0.1) is 0 Å². The fourth-order valence-corrected chi connectivity index (χ4v) is 4.93. The summed E-state index contributed by atoms with van der Waals surface area (Å²) in [6, 6.07) is 28.4. The van der Waals surface area contributed by atoms with E-state index in [1.54, 1.807) is 0 Å². The lowest BCUT2D eigenvalue weighted by molar-refractivity contribution is 0.622. The fraction of sp³-hybridized carbons (Fsp3) is 0.222. The van der Waals surface area contributed by atoms with Crippen LogP contribution in [0.15, 0.2) is 78.9 Å². The number of pyridine rings is 2. The van der Waals surface area contributed by atoms with Crippen molar-refractivity contribution in [3.63, 3.8) is 0 Å². The Morgan fingerprint density at radius 3 is 2.57 bits per heavy atom. The van der Waals surface area contributed by atoms with Gasteiger partial charge in [-0.1, -0.05) is 55.0 Å². The molecule has 3 nitrogen and oxygen atoms in total. The van der Waals surface area contributed by atoms with Crippen molar-refractivity contribution in [2.45, 2.75) is 32.2 Å². The molecule has 0 saturated carbocycles. The lowest BCUT2D eigenvalue weighted by Gasteiger charge is -2.28. The Labute approximate surface area is 176 Å². The van der Waals surface area contributed by atoms with E-state index >= 15 is 0 Å². The summed E-state index contributed by atoms with van der Waals surface area (Å²) in [5.41, 5.74) is 6.25. The summed E-state index contributed by atoms with van der Waals surface area (Å²) in [4.78, 5) is 7.53. The second-order valence-corrected chi connectivity index (χ2v) is 8.37. The normalized spacial score (nSPS) is 14.7. The average molecular weight is 392 g/mol. The minimum Gasteiger partial charge on any atom is -0.352 e. The molecule has 2 aromatic carbocycles. The average Bonchev–Trinajstić information content (AvgIpc) is 3.14. The summed E-state index contributed by atoms with van der Waals surface area (Å²) >= 11 is 0. The molecule has 0 fully saturated rings. The maximum Gasteiger partial charge on any atom is 0.117 e. The van der Waals surface area contributed by atoms with Crippen LogP contribution in [-0.4, -0.2) is 15.9 Å². The lowest BCUT2D eigenvalue weighted by Crippen LogP contribution is -2.27. The molecule has 0 radical (unpaired) electrons. The second kappa shape index (κ2) is 7.17. The van der Waals surface area contributed by atoms with Gasteiger partial charge in [-0.25, -0.2) is 0 Å². The Hall–Kier alpha value is -3.33. The Morgan fingerprint density at radius 2 is 1.60 bits per heavy atom. The molecule has 6 rings (SSSR count). The number of para-hydroxylation sites is 2. The molecule has 30 heavy (non-hydrogen) atoms. The van der Waals surface area contributed by atoms with Crippen LogP contribution in [0.25, 0.3) is 27.3 Å². The molecule has 1 aliphatic rings. The van der Waals surface area contributed by atoms with Gasteiger partial charge in [0, 0.05) is 17.4 Å². The van der Waals surface area contributed by atoms with Crippen molar-refractivity contribution in [1.29, 1.82) is 0 Å². The van der Waals surface area contributed by atoms with Gasteiger partial charge in [-0.2, -0.15) is 0 Å². The Balaban J connectivity index is 1.52. The van der Waals surface area contributed by atoms with Gasteiger partial charge in [0.2, 0.25) is 0 Å². The van der Waals surface area contributed by atoms with Gasteiger partial charge >= 0.3 is 0 Å². The SMILES string of the molecule is c1ccc2nc(CN3CCCCCc4cc5ccc6ccccc6n5c43)ccc2c1. The van der Waals surface area contributed by atoms with Crippen LogP contribution in [-0.2, 0) is 13.0 Å². The van der Waals surface area contributed by atoms with Crippen molar-refractivity contribution in [3.05, 3.63) is 90.1 Å². The predicted octanol–water partition coefficient (Wildman–Crippen LogP) is 6.37. The number of hydrogen-bond donors (Lipinski definition) is 0. The van der Waals surface area contributed by atoms with E-state index in [0.717, 1.165) is 30.7 Å². The van der Waals surface area contributed by atoms with Crippen LogP contribution < -0.4 is 4.90 Å². The maximum atomic E-state index is 4.97. The first-order valence-corrected chi connectivity index (χ1v) is 11.0. The molecule has 4 heterocycles. The molecule has 0 aliphatic carbocycles. The first-order chi connectivity index (χ1) is 14.9. The number of hydrogen-bond acceptors (Lipinski definition) is 2. The van der Waals surface area contributed by atoms with E-state index in [0.29, 0.717) is 0 Å². The maximum absolute atomic E-state index is 4.97. The third-order valence-electron chi connectivity index (χ3n) is 6.37. The molecule has 3 heteroatoms. The minimum atomic E-state index is 0.840. The highest BCUT2D eigenvalue weighted by molar-refractivity contribution is 5.86. The molecule has 1 aliphatic heterocycles. The molecular weight excluding hydrogens is 366 g/mol. The third-order valence-corrected chi connectivity index (χ3v) is 6.37. The summed E-state index contributed by atoms with van der Waals surface area (Å²) < 4.78 is 2.47. The third kappa shape index (κ3) is 2.93. The Bertz CT molecular complexity index is 1360. The van der Waals surface area contributed by atoms with E-state index in [4.69, 9.17) is 4.98 Å². The highest BCUT2D eigenvalue weighted by Crippen LogP contribution is 2.33. The number of anilines is 1. The van der Waals surface area contributed by atoms with Crippen LogP contribution in [0.2, 0.25) is 0 Å². The van der Waals surface area contributed by atoms with Crippen molar-refractivity contribution in [1.82, 2.24) is 9.38 Å². The van der Waals surface area contributed by atoms with E-state index in [1.165, 1.54) is 52.4 Å². The molecular formula is C27H25N3. The van der Waals surface area contributed by atoms with Gasteiger partial charge in [-0.05, 0) is 60.5 Å². The van der Waals surface area contributed by atoms with Gasteiger partial charge in [-0.3, -0.25) is 9.38 Å². The molecule has 0 saturated heterocycles. The monoisotopic (exact) mass is 391 g/mol. The number of rotatable bonds is 2. The second-order valence-electron chi connectivity index (χ2n) is 8.37.